The van der Waals surface area contributed by atoms with E-state index < -0.39 is 9.84 Å². The minimum atomic E-state index is -3.75. The van der Waals surface area contributed by atoms with E-state index in [4.69, 9.17) is 0 Å². The highest BCUT2D eigenvalue weighted by Gasteiger charge is 2.31. The lowest BCUT2D eigenvalue weighted by atomic mass is 9.82. The molecule has 3 nitrogen and oxygen atoms in total. The van der Waals surface area contributed by atoms with E-state index in [0.717, 1.165) is 0 Å². The molecule has 0 amide bonds. The van der Waals surface area contributed by atoms with E-state index in [1.54, 1.807) is 60.7 Å². The van der Waals surface area contributed by atoms with E-state index in [0.29, 0.717) is 27.8 Å². The summed E-state index contributed by atoms with van der Waals surface area (Å²) < 4.78 is 26.2. The third-order valence-electron chi connectivity index (χ3n) is 4.41. The van der Waals surface area contributed by atoms with Gasteiger partial charge in [0.25, 0.3) is 0 Å². The van der Waals surface area contributed by atoms with Crippen LogP contribution in [0.4, 0.5) is 0 Å². The van der Waals surface area contributed by atoms with E-state index in [1.807, 2.05) is 6.07 Å². The Balaban J connectivity index is 2.01. The van der Waals surface area contributed by atoms with Gasteiger partial charge in [0.15, 0.2) is 5.78 Å². The van der Waals surface area contributed by atoms with Crippen LogP contribution in [-0.4, -0.2) is 14.2 Å². The number of benzene rings is 3. The molecular weight excluding hydrogens is 332 g/mol. The van der Waals surface area contributed by atoms with E-state index in [-0.39, 0.29) is 15.6 Å². The van der Waals surface area contributed by atoms with Gasteiger partial charge in [-0.15, -0.1) is 0 Å². The lowest BCUT2D eigenvalue weighted by Crippen LogP contribution is -2.17. The first-order valence-electron chi connectivity index (χ1n) is 7.78. The molecule has 0 unspecified atom stereocenters. The Morgan fingerprint density at radius 2 is 1.28 bits per heavy atom. The van der Waals surface area contributed by atoms with Gasteiger partial charge in [-0.2, -0.15) is 0 Å². The Kier molecular flexibility index (Phi) is 3.44. The van der Waals surface area contributed by atoms with Crippen LogP contribution in [0.5, 0.6) is 0 Å². The van der Waals surface area contributed by atoms with Crippen molar-refractivity contribution in [3.63, 3.8) is 0 Å². The molecule has 0 aromatic heterocycles. The van der Waals surface area contributed by atoms with Gasteiger partial charge in [-0.3, -0.25) is 4.79 Å². The Hall–Kier alpha value is -2.98. The van der Waals surface area contributed by atoms with Crippen LogP contribution in [0.15, 0.2) is 89.2 Å². The van der Waals surface area contributed by atoms with Crippen LogP contribution < -0.4 is 0 Å². The van der Waals surface area contributed by atoms with Gasteiger partial charge in [-0.25, -0.2) is 8.42 Å². The summed E-state index contributed by atoms with van der Waals surface area (Å²) in [5.41, 5.74) is 2.56. The Morgan fingerprint density at radius 1 is 0.680 bits per heavy atom. The molecule has 0 N–H and O–H groups in total. The smallest absolute Gasteiger partial charge is 0.207 e. The predicted octanol–water partition coefficient (Wildman–Crippen LogP) is 4.13. The molecule has 3 aromatic rings. The number of ketones is 1. The van der Waals surface area contributed by atoms with Gasteiger partial charge in [0.05, 0.1) is 9.79 Å². The van der Waals surface area contributed by atoms with Crippen molar-refractivity contribution in [2.24, 2.45) is 0 Å². The highest BCUT2D eigenvalue weighted by Crippen LogP contribution is 2.39. The van der Waals surface area contributed by atoms with E-state index in [9.17, 15) is 13.2 Å². The number of sulfone groups is 1. The summed E-state index contributed by atoms with van der Waals surface area (Å²) in [5.74, 6) is -0.178. The average molecular weight is 346 g/mol. The number of carbonyl (C=O) groups excluding carboxylic acids is 1. The molecule has 3 aromatic carbocycles. The number of carbonyl (C=O) groups is 1. The van der Waals surface area contributed by atoms with E-state index in [2.05, 4.69) is 6.58 Å². The van der Waals surface area contributed by atoms with Crippen LogP contribution in [0.25, 0.3) is 5.57 Å². The molecule has 0 aliphatic heterocycles. The van der Waals surface area contributed by atoms with Gasteiger partial charge < -0.3 is 0 Å². The molecule has 1 aliphatic rings. The van der Waals surface area contributed by atoms with Gasteiger partial charge in [0, 0.05) is 16.7 Å². The zero-order valence-corrected chi connectivity index (χ0v) is 14.1. The third-order valence-corrected chi connectivity index (χ3v) is 6.22. The second-order valence-corrected chi connectivity index (χ2v) is 7.77. The summed E-state index contributed by atoms with van der Waals surface area (Å²) in [7, 11) is -3.75. The number of hydrogen-bond donors (Lipinski definition) is 0. The highest BCUT2D eigenvalue weighted by atomic mass is 32.2. The molecule has 0 saturated heterocycles. The van der Waals surface area contributed by atoms with Crippen LogP contribution in [0.1, 0.15) is 27.0 Å². The lowest BCUT2D eigenvalue weighted by Gasteiger charge is -2.23. The molecule has 4 heteroatoms. The SMILES string of the molecule is C=C1c2ccccc2C(=O)c2cccc(S(=O)(=O)c3ccccc3)c21. The summed E-state index contributed by atoms with van der Waals surface area (Å²) in [5, 5.41) is 0. The Labute approximate surface area is 146 Å². The van der Waals surface area contributed by atoms with Gasteiger partial charge in [0.2, 0.25) is 9.84 Å². The molecule has 122 valence electrons. The van der Waals surface area contributed by atoms with E-state index in [1.165, 1.54) is 6.07 Å². The van der Waals surface area contributed by atoms with Crippen molar-refractivity contribution in [1.29, 1.82) is 0 Å². The fourth-order valence-electron chi connectivity index (χ4n) is 3.21. The Bertz CT molecular complexity index is 1130. The summed E-state index contributed by atoms with van der Waals surface area (Å²) in [6, 6.07) is 20.2. The fourth-order valence-corrected chi connectivity index (χ4v) is 4.74. The van der Waals surface area contributed by atoms with Crippen molar-refractivity contribution in [3.8, 4) is 0 Å². The zero-order chi connectivity index (χ0) is 17.6. The molecule has 0 fully saturated rings. The zero-order valence-electron chi connectivity index (χ0n) is 13.3. The van der Waals surface area contributed by atoms with Crippen LogP contribution in [-0.2, 0) is 9.84 Å². The molecule has 1 aliphatic carbocycles. The van der Waals surface area contributed by atoms with Gasteiger partial charge >= 0.3 is 0 Å². The van der Waals surface area contributed by atoms with Crippen molar-refractivity contribution in [2.75, 3.05) is 0 Å². The molecule has 4 rings (SSSR count). The number of rotatable bonds is 2. The second kappa shape index (κ2) is 5.53. The largest absolute Gasteiger partial charge is 0.289 e. The lowest BCUT2D eigenvalue weighted by molar-refractivity contribution is 0.103. The van der Waals surface area contributed by atoms with Gasteiger partial charge in [-0.05, 0) is 29.3 Å². The Morgan fingerprint density at radius 3 is 2.00 bits per heavy atom. The van der Waals surface area contributed by atoms with E-state index >= 15 is 0 Å². The van der Waals surface area contributed by atoms with Crippen molar-refractivity contribution < 1.29 is 13.2 Å². The molecule has 0 heterocycles. The first kappa shape index (κ1) is 15.5. The summed E-state index contributed by atoms with van der Waals surface area (Å²) in [4.78, 5) is 13.1. The van der Waals surface area contributed by atoms with Crippen LogP contribution in [0, 0.1) is 0 Å². The first-order chi connectivity index (χ1) is 12.0. The van der Waals surface area contributed by atoms with Crippen LogP contribution in [0.3, 0.4) is 0 Å². The molecule has 0 bridgehead atoms. The predicted molar refractivity (Wildman–Crippen MR) is 96.3 cm³/mol. The molecular formula is C21H14O3S. The van der Waals surface area contributed by atoms with Crippen molar-refractivity contribution in [1.82, 2.24) is 0 Å². The fraction of sp³-hybridized carbons (Fsp3) is 0. The van der Waals surface area contributed by atoms with Crippen LogP contribution in [0.2, 0.25) is 0 Å². The highest BCUT2D eigenvalue weighted by molar-refractivity contribution is 7.91. The standard InChI is InChI=1S/C21H14O3S/c1-14-16-10-5-6-11-17(16)21(22)18-12-7-13-19(20(14)18)25(23,24)15-8-3-2-4-9-15/h2-13H,1H2. The van der Waals surface area contributed by atoms with Crippen LogP contribution >= 0.6 is 0 Å². The summed E-state index contributed by atoms with van der Waals surface area (Å²) in [6.45, 7) is 4.08. The average Bonchev–Trinajstić information content (AvgIpc) is 2.66. The molecule has 0 spiro atoms. The maximum absolute atomic E-state index is 13.1. The maximum atomic E-state index is 13.1. The minimum absolute atomic E-state index is 0.115. The van der Waals surface area contributed by atoms with Gasteiger partial charge in [-0.1, -0.05) is 61.2 Å². The molecule has 25 heavy (non-hydrogen) atoms. The van der Waals surface area contributed by atoms with Crippen molar-refractivity contribution in [2.45, 2.75) is 9.79 Å². The maximum Gasteiger partial charge on any atom is 0.207 e. The third kappa shape index (κ3) is 2.26. The quantitative estimate of drug-likeness (QED) is 0.548. The van der Waals surface area contributed by atoms with Crippen molar-refractivity contribution >= 4 is 21.2 Å². The number of fused-ring (bicyclic) bond motifs is 2. The molecule has 0 radical (unpaired) electrons. The number of hydrogen-bond acceptors (Lipinski definition) is 3. The molecule has 0 atom stereocenters. The monoisotopic (exact) mass is 346 g/mol. The van der Waals surface area contributed by atoms with Crippen molar-refractivity contribution in [3.05, 3.63) is 102 Å². The second-order valence-electron chi connectivity index (χ2n) is 5.85. The van der Waals surface area contributed by atoms with Gasteiger partial charge in [0.1, 0.15) is 0 Å². The topological polar surface area (TPSA) is 51.2 Å². The first-order valence-corrected chi connectivity index (χ1v) is 9.26. The normalized spacial score (nSPS) is 13.3. The summed E-state index contributed by atoms with van der Waals surface area (Å²) >= 11 is 0. The molecule has 0 saturated carbocycles. The minimum Gasteiger partial charge on any atom is -0.289 e. The summed E-state index contributed by atoms with van der Waals surface area (Å²) in [6.07, 6.45) is 0.